The molecule has 1 N–H and O–H groups in total. The monoisotopic (exact) mass is 269 g/mol. The van der Waals surface area contributed by atoms with E-state index in [4.69, 9.17) is 4.42 Å². The summed E-state index contributed by atoms with van der Waals surface area (Å²) in [5.41, 5.74) is 0. The molecule has 1 saturated carbocycles. The van der Waals surface area contributed by atoms with Crippen molar-refractivity contribution in [2.75, 3.05) is 5.75 Å². The minimum Gasteiger partial charge on any atom is -0.464 e. The Morgan fingerprint density at radius 1 is 1.39 bits per heavy atom. The zero-order chi connectivity index (χ0) is 13.0. The van der Waals surface area contributed by atoms with Crippen LogP contribution >= 0.6 is 0 Å². The molecule has 102 valence electrons. The van der Waals surface area contributed by atoms with Crippen LogP contribution < -0.4 is 5.32 Å². The van der Waals surface area contributed by atoms with E-state index < -0.39 is 10.8 Å². The molecule has 0 amide bonds. The molecular formula is C14H23NO2S. The Morgan fingerprint density at radius 3 is 2.78 bits per heavy atom. The predicted molar refractivity (Wildman–Crippen MR) is 74.7 cm³/mol. The van der Waals surface area contributed by atoms with E-state index in [1.165, 1.54) is 12.8 Å². The normalized spacial score (nSPS) is 17.3. The molecule has 18 heavy (non-hydrogen) atoms. The summed E-state index contributed by atoms with van der Waals surface area (Å²) in [4.78, 5) is 0. The van der Waals surface area contributed by atoms with Crippen LogP contribution in [0, 0.1) is 5.92 Å². The van der Waals surface area contributed by atoms with Crippen molar-refractivity contribution in [3.05, 3.63) is 23.7 Å². The second-order valence-electron chi connectivity index (χ2n) is 5.49. The van der Waals surface area contributed by atoms with Gasteiger partial charge in [0.25, 0.3) is 0 Å². The molecule has 1 heterocycles. The third-order valence-corrected chi connectivity index (χ3v) is 4.38. The van der Waals surface area contributed by atoms with Crippen LogP contribution in [-0.2, 0) is 23.1 Å². The van der Waals surface area contributed by atoms with Crippen molar-refractivity contribution in [3.8, 4) is 0 Å². The third-order valence-electron chi connectivity index (χ3n) is 3.09. The highest BCUT2D eigenvalue weighted by atomic mass is 32.2. The average Bonchev–Trinajstić information content (AvgIpc) is 3.05. The van der Waals surface area contributed by atoms with Crippen LogP contribution in [-0.4, -0.2) is 16.0 Å². The summed E-state index contributed by atoms with van der Waals surface area (Å²) in [6.45, 7) is 5.11. The van der Waals surface area contributed by atoms with Gasteiger partial charge in [-0.15, -0.1) is 0 Å². The fourth-order valence-electron chi connectivity index (χ4n) is 1.73. The molecule has 1 aromatic heterocycles. The fourth-order valence-corrected chi connectivity index (χ4v) is 3.08. The molecule has 1 fully saturated rings. The molecule has 1 atom stereocenters. The van der Waals surface area contributed by atoms with Crippen LogP contribution in [0.25, 0.3) is 0 Å². The van der Waals surface area contributed by atoms with Crippen LogP contribution in [0.2, 0.25) is 0 Å². The number of hydrogen-bond acceptors (Lipinski definition) is 3. The molecule has 0 spiro atoms. The molecule has 3 nitrogen and oxygen atoms in total. The Bertz CT molecular complexity index is 396. The van der Waals surface area contributed by atoms with Gasteiger partial charge in [0.2, 0.25) is 0 Å². The molecule has 2 rings (SSSR count). The summed E-state index contributed by atoms with van der Waals surface area (Å²) in [5.74, 6) is 3.75. The number of nitrogens with one attached hydrogen (secondary N) is 1. The van der Waals surface area contributed by atoms with E-state index in [1.807, 2.05) is 12.1 Å². The largest absolute Gasteiger partial charge is 0.464 e. The molecule has 1 unspecified atom stereocenters. The minimum absolute atomic E-state index is 0.552. The first-order valence-electron chi connectivity index (χ1n) is 6.79. The number of hydrogen-bond donors (Lipinski definition) is 1. The van der Waals surface area contributed by atoms with E-state index in [0.717, 1.165) is 30.2 Å². The molecule has 4 heteroatoms. The van der Waals surface area contributed by atoms with Crippen LogP contribution in [0.3, 0.4) is 0 Å². The first kappa shape index (κ1) is 13.8. The lowest BCUT2D eigenvalue weighted by Crippen LogP contribution is -2.14. The van der Waals surface area contributed by atoms with E-state index in [9.17, 15) is 4.21 Å². The Morgan fingerprint density at radius 2 is 2.11 bits per heavy atom. The summed E-state index contributed by atoms with van der Waals surface area (Å²) < 4.78 is 17.5. The Hall–Kier alpha value is -0.610. The second kappa shape index (κ2) is 6.53. The van der Waals surface area contributed by atoms with E-state index in [0.29, 0.717) is 17.7 Å². The average molecular weight is 269 g/mol. The van der Waals surface area contributed by atoms with Crippen molar-refractivity contribution in [2.24, 2.45) is 5.92 Å². The van der Waals surface area contributed by atoms with Gasteiger partial charge >= 0.3 is 0 Å². The SMILES string of the molecule is CC(C)CCS(=O)Cc1ccc(CNC2CC2)o1. The quantitative estimate of drug-likeness (QED) is 0.789. The van der Waals surface area contributed by atoms with Gasteiger partial charge in [0.1, 0.15) is 11.5 Å². The smallest absolute Gasteiger partial charge is 0.118 e. The molecular weight excluding hydrogens is 246 g/mol. The summed E-state index contributed by atoms with van der Waals surface area (Å²) in [5, 5.41) is 3.41. The molecule has 0 aromatic carbocycles. The number of furan rings is 1. The molecule has 0 aliphatic heterocycles. The number of rotatable bonds is 8. The lowest BCUT2D eigenvalue weighted by molar-refractivity contribution is 0.457. The van der Waals surface area contributed by atoms with Crippen LogP contribution in [0.5, 0.6) is 0 Å². The maximum absolute atomic E-state index is 11.8. The van der Waals surface area contributed by atoms with Gasteiger partial charge in [0, 0.05) is 22.6 Å². The van der Waals surface area contributed by atoms with Gasteiger partial charge in [0.15, 0.2) is 0 Å². The lowest BCUT2D eigenvalue weighted by atomic mass is 10.2. The Kier molecular flexibility index (Phi) is 5.01. The molecule has 0 saturated heterocycles. The van der Waals surface area contributed by atoms with Gasteiger partial charge in [-0.3, -0.25) is 4.21 Å². The van der Waals surface area contributed by atoms with Gasteiger partial charge in [-0.1, -0.05) is 13.8 Å². The fraction of sp³-hybridized carbons (Fsp3) is 0.714. The zero-order valence-corrected chi connectivity index (χ0v) is 12.1. The van der Waals surface area contributed by atoms with Gasteiger partial charge in [-0.25, -0.2) is 0 Å². The van der Waals surface area contributed by atoms with Gasteiger partial charge in [-0.2, -0.15) is 0 Å². The summed E-state index contributed by atoms with van der Waals surface area (Å²) >= 11 is 0. The Balaban J connectivity index is 1.72. The van der Waals surface area contributed by atoms with Crippen molar-refractivity contribution in [3.63, 3.8) is 0 Å². The topological polar surface area (TPSA) is 42.2 Å². The highest BCUT2D eigenvalue weighted by Gasteiger charge is 2.20. The van der Waals surface area contributed by atoms with E-state index >= 15 is 0 Å². The molecule has 1 aliphatic rings. The van der Waals surface area contributed by atoms with Gasteiger partial charge in [-0.05, 0) is 37.3 Å². The summed E-state index contributed by atoms with van der Waals surface area (Å²) in [6, 6.07) is 4.64. The first-order chi connectivity index (χ1) is 8.63. The van der Waals surface area contributed by atoms with Crippen molar-refractivity contribution >= 4 is 10.8 Å². The highest BCUT2D eigenvalue weighted by molar-refractivity contribution is 7.84. The maximum atomic E-state index is 11.8. The Labute approximate surface area is 112 Å². The van der Waals surface area contributed by atoms with Crippen LogP contribution in [0.1, 0.15) is 44.6 Å². The summed E-state index contributed by atoms with van der Waals surface area (Å²) in [6.07, 6.45) is 3.59. The maximum Gasteiger partial charge on any atom is 0.118 e. The van der Waals surface area contributed by atoms with Crippen molar-refractivity contribution in [1.82, 2.24) is 5.32 Å². The standard InChI is InChI=1S/C14H23NO2S/c1-11(2)7-8-18(16)10-14-6-5-13(17-14)9-15-12-3-4-12/h5-6,11-12,15H,3-4,7-10H2,1-2H3. The van der Waals surface area contributed by atoms with Gasteiger partial charge in [0.05, 0.1) is 12.3 Å². The van der Waals surface area contributed by atoms with Crippen LogP contribution in [0.4, 0.5) is 0 Å². The highest BCUT2D eigenvalue weighted by Crippen LogP contribution is 2.20. The minimum atomic E-state index is -0.793. The van der Waals surface area contributed by atoms with E-state index in [-0.39, 0.29) is 0 Å². The lowest BCUT2D eigenvalue weighted by Gasteiger charge is -2.03. The summed E-state index contributed by atoms with van der Waals surface area (Å²) in [7, 11) is -0.793. The molecule has 1 aromatic rings. The van der Waals surface area contributed by atoms with Crippen molar-refractivity contribution in [2.45, 2.75) is 51.4 Å². The predicted octanol–water partition coefficient (Wildman–Crippen LogP) is 2.83. The molecule has 0 bridgehead atoms. The molecule has 1 aliphatic carbocycles. The second-order valence-corrected chi connectivity index (χ2v) is 7.07. The third kappa shape index (κ3) is 4.94. The van der Waals surface area contributed by atoms with Crippen LogP contribution in [0.15, 0.2) is 16.5 Å². The zero-order valence-electron chi connectivity index (χ0n) is 11.3. The van der Waals surface area contributed by atoms with Crippen molar-refractivity contribution in [1.29, 1.82) is 0 Å². The van der Waals surface area contributed by atoms with Crippen molar-refractivity contribution < 1.29 is 8.63 Å². The first-order valence-corrected chi connectivity index (χ1v) is 8.28. The molecule has 0 radical (unpaired) electrons. The van der Waals surface area contributed by atoms with E-state index in [1.54, 1.807) is 0 Å². The van der Waals surface area contributed by atoms with Gasteiger partial charge < -0.3 is 9.73 Å². The van der Waals surface area contributed by atoms with E-state index in [2.05, 4.69) is 19.2 Å².